The molecule has 0 aromatic heterocycles. The SMILES string of the molecule is COc1ccc(Cl)cc1CCN(C)CS. The molecule has 0 bridgehead atoms. The first-order valence-electron chi connectivity index (χ1n) is 4.79. The lowest BCUT2D eigenvalue weighted by Crippen LogP contribution is -2.19. The molecule has 0 aliphatic heterocycles. The van der Waals surface area contributed by atoms with E-state index >= 15 is 0 Å². The number of methoxy groups -OCH3 is 1. The molecular weight excluding hydrogens is 230 g/mol. The van der Waals surface area contributed by atoms with E-state index in [-0.39, 0.29) is 0 Å². The third-order valence-corrected chi connectivity index (χ3v) is 2.96. The van der Waals surface area contributed by atoms with Gasteiger partial charge in [-0.1, -0.05) is 11.6 Å². The van der Waals surface area contributed by atoms with Crippen molar-refractivity contribution >= 4 is 24.2 Å². The van der Waals surface area contributed by atoms with Gasteiger partial charge in [-0.25, -0.2) is 0 Å². The summed E-state index contributed by atoms with van der Waals surface area (Å²) in [5, 5.41) is 0.749. The third kappa shape index (κ3) is 3.93. The van der Waals surface area contributed by atoms with Crippen LogP contribution in [0.5, 0.6) is 5.75 Å². The van der Waals surface area contributed by atoms with E-state index in [1.165, 1.54) is 0 Å². The zero-order valence-corrected chi connectivity index (χ0v) is 10.7. The normalized spacial score (nSPS) is 10.7. The van der Waals surface area contributed by atoms with Crippen molar-refractivity contribution in [3.05, 3.63) is 28.8 Å². The van der Waals surface area contributed by atoms with E-state index in [2.05, 4.69) is 17.5 Å². The topological polar surface area (TPSA) is 12.5 Å². The van der Waals surface area contributed by atoms with Gasteiger partial charge in [-0.3, -0.25) is 4.90 Å². The maximum absolute atomic E-state index is 5.94. The summed E-state index contributed by atoms with van der Waals surface area (Å²) in [5.41, 5.74) is 1.14. The number of halogens is 1. The number of likely N-dealkylation sites (N-methyl/N-ethyl adjacent to an activating group) is 1. The highest BCUT2D eigenvalue weighted by molar-refractivity contribution is 7.80. The van der Waals surface area contributed by atoms with Crippen LogP contribution in [0.15, 0.2) is 18.2 Å². The van der Waals surface area contributed by atoms with E-state index in [1.54, 1.807) is 7.11 Å². The van der Waals surface area contributed by atoms with Gasteiger partial charge in [0.1, 0.15) is 5.75 Å². The highest BCUT2D eigenvalue weighted by Gasteiger charge is 2.04. The molecule has 2 nitrogen and oxygen atoms in total. The van der Waals surface area contributed by atoms with Crippen molar-refractivity contribution in [3.63, 3.8) is 0 Å². The van der Waals surface area contributed by atoms with Crippen LogP contribution in [0.4, 0.5) is 0 Å². The second-order valence-corrected chi connectivity index (χ2v) is 4.15. The number of benzene rings is 1. The number of hydrogen-bond acceptors (Lipinski definition) is 3. The number of rotatable bonds is 5. The zero-order valence-electron chi connectivity index (χ0n) is 9.03. The van der Waals surface area contributed by atoms with Gasteiger partial charge in [0, 0.05) is 17.4 Å². The molecule has 0 spiro atoms. The fraction of sp³-hybridized carbons (Fsp3) is 0.455. The van der Waals surface area contributed by atoms with Crippen LogP contribution in [0, 0.1) is 0 Å². The largest absolute Gasteiger partial charge is 0.496 e. The Morgan fingerprint density at radius 3 is 2.80 bits per heavy atom. The summed E-state index contributed by atoms with van der Waals surface area (Å²) < 4.78 is 5.27. The van der Waals surface area contributed by atoms with E-state index in [1.807, 2.05) is 25.2 Å². The molecule has 0 saturated heterocycles. The fourth-order valence-corrected chi connectivity index (χ4v) is 1.66. The Labute approximate surface area is 102 Å². The molecule has 4 heteroatoms. The van der Waals surface area contributed by atoms with Crippen molar-refractivity contribution in [3.8, 4) is 5.75 Å². The van der Waals surface area contributed by atoms with Crippen molar-refractivity contribution in [2.45, 2.75) is 6.42 Å². The Bertz CT molecular complexity index is 319. The van der Waals surface area contributed by atoms with Crippen LogP contribution in [-0.4, -0.2) is 31.5 Å². The summed E-state index contributed by atoms with van der Waals surface area (Å²) in [6, 6.07) is 5.69. The molecule has 0 N–H and O–H groups in total. The van der Waals surface area contributed by atoms with Crippen molar-refractivity contribution in [1.29, 1.82) is 0 Å². The molecular formula is C11H16ClNOS. The average Bonchev–Trinajstić information content (AvgIpc) is 2.26. The first kappa shape index (κ1) is 12.7. The van der Waals surface area contributed by atoms with Gasteiger partial charge in [-0.05, 0) is 37.2 Å². The van der Waals surface area contributed by atoms with Crippen LogP contribution in [0.1, 0.15) is 5.56 Å². The second-order valence-electron chi connectivity index (χ2n) is 3.43. The molecule has 0 fully saturated rings. The Hall–Kier alpha value is -0.380. The monoisotopic (exact) mass is 245 g/mol. The van der Waals surface area contributed by atoms with E-state index in [9.17, 15) is 0 Å². The minimum absolute atomic E-state index is 0.749. The van der Waals surface area contributed by atoms with Crippen molar-refractivity contribution < 1.29 is 4.74 Å². The highest BCUT2D eigenvalue weighted by atomic mass is 35.5. The molecule has 1 aromatic carbocycles. The summed E-state index contributed by atoms with van der Waals surface area (Å²) in [5.74, 6) is 1.65. The van der Waals surface area contributed by atoms with Gasteiger partial charge in [0.25, 0.3) is 0 Å². The van der Waals surface area contributed by atoms with Gasteiger partial charge in [-0.2, -0.15) is 12.6 Å². The second kappa shape index (κ2) is 6.26. The van der Waals surface area contributed by atoms with Gasteiger partial charge in [0.2, 0.25) is 0 Å². The first-order valence-corrected chi connectivity index (χ1v) is 5.80. The van der Waals surface area contributed by atoms with Crippen LogP contribution in [0.3, 0.4) is 0 Å². The Morgan fingerprint density at radius 2 is 2.20 bits per heavy atom. The number of thiol groups is 1. The van der Waals surface area contributed by atoms with Crippen LogP contribution in [0.25, 0.3) is 0 Å². The lowest BCUT2D eigenvalue weighted by atomic mass is 10.1. The summed E-state index contributed by atoms with van der Waals surface area (Å²) in [6.45, 7) is 0.945. The smallest absolute Gasteiger partial charge is 0.122 e. The Balaban J connectivity index is 2.69. The molecule has 0 radical (unpaired) electrons. The third-order valence-electron chi connectivity index (χ3n) is 2.25. The van der Waals surface area contributed by atoms with Crippen LogP contribution >= 0.6 is 24.2 Å². The number of hydrogen-bond donors (Lipinski definition) is 1. The molecule has 1 rings (SSSR count). The van der Waals surface area contributed by atoms with Crippen molar-refractivity contribution in [2.75, 3.05) is 26.6 Å². The predicted octanol–water partition coefficient (Wildman–Crippen LogP) is 2.71. The summed E-state index contributed by atoms with van der Waals surface area (Å²) in [4.78, 5) is 2.13. The molecule has 15 heavy (non-hydrogen) atoms. The molecule has 84 valence electrons. The van der Waals surface area contributed by atoms with Gasteiger partial charge >= 0.3 is 0 Å². The zero-order chi connectivity index (χ0) is 11.3. The molecule has 0 unspecified atom stereocenters. The summed E-state index contributed by atoms with van der Waals surface area (Å²) in [7, 11) is 3.71. The van der Waals surface area contributed by atoms with Crippen molar-refractivity contribution in [1.82, 2.24) is 4.90 Å². The van der Waals surface area contributed by atoms with Gasteiger partial charge < -0.3 is 4.74 Å². The maximum Gasteiger partial charge on any atom is 0.122 e. The van der Waals surface area contributed by atoms with Crippen molar-refractivity contribution in [2.24, 2.45) is 0 Å². The maximum atomic E-state index is 5.94. The predicted molar refractivity (Wildman–Crippen MR) is 68.2 cm³/mol. The molecule has 0 heterocycles. The molecule has 0 amide bonds. The lowest BCUT2D eigenvalue weighted by Gasteiger charge is -2.14. The number of ether oxygens (including phenoxy) is 1. The fourth-order valence-electron chi connectivity index (χ4n) is 1.32. The molecule has 0 aliphatic rings. The molecule has 1 aromatic rings. The van der Waals surface area contributed by atoms with Gasteiger partial charge in [0.05, 0.1) is 7.11 Å². The summed E-state index contributed by atoms with van der Waals surface area (Å²) >= 11 is 10.1. The molecule has 0 aliphatic carbocycles. The van der Waals surface area contributed by atoms with E-state index < -0.39 is 0 Å². The first-order chi connectivity index (χ1) is 7.17. The van der Waals surface area contributed by atoms with Crippen LogP contribution in [-0.2, 0) is 6.42 Å². The minimum Gasteiger partial charge on any atom is -0.496 e. The van der Waals surface area contributed by atoms with E-state index in [4.69, 9.17) is 16.3 Å². The molecule has 0 saturated carbocycles. The van der Waals surface area contributed by atoms with Gasteiger partial charge in [0.15, 0.2) is 0 Å². The quantitative estimate of drug-likeness (QED) is 0.633. The lowest BCUT2D eigenvalue weighted by molar-refractivity contribution is 0.384. The highest BCUT2D eigenvalue weighted by Crippen LogP contribution is 2.23. The average molecular weight is 246 g/mol. The summed E-state index contributed by atoms with van der Waals surface area (Å²) in [6.07, 6.45) is 0.917. The number of nitrogens with zero attached hydrogens (tertiary/aromatic N) is 1. The minimum atomic E-state index is 0.749. The molecule has 0 atom stereocenters. The standard InChI is InChI=1S/C11H16ClNOS/c1-13(8-15)6-5-9-7-10(12)3-4-11(9)14-2/h3-4,7,15H,5-6,8H2,1-2H3. The van der Waals surface area contributed by atoms with Crippen LogP contribution < -0.4 is 4.74 Å². The Morgan fingerprint density at radius 1 is 1.47 bits per heavy atom. The van der Waals surface area contributed by atoms with Gasteiger partial charge in [-0.15, -0.1) is 0 Å². The Kier molecular flexibility index (Phi) is 5.29. The van der Waals surface area contributed by atoms with E-state index in [0.717, 1.165) is 35.2 Å². The van der Waals surface area contributed by atoms with Crippen LogP contribution in [0.2, 0.25) is 5.02 Å². The van der Waals surface area contributed by atoms with E-state index in [0.29, 0.717) is 0 Å².